The molecule has 0 saturated carbocycles. The first-order chi connectivity index (χ1) is 13.5. The molecule has 148 valence electrons. The van der Waals surface area contributed by atoms with Gasteiger partial charge in [0, 0.05) is 12.3 Å². The van der Waals surface area contributed by atoms with Gasteiger partial charge in [-0.3, -0.25) is 0 Å². The molecular weight excluding hydrogens is 373 g/mol. The van der Waals surface area contributed by atoms with Crippen LogP contribution in [0.5, 0.6) is 5.75 Å². The maximum Gasteiger partial charge on any atom is 0.191 e. The van der Waals surface area contributed by atoms with Gasteiger partial charge in [-0.25, -0.2) is 4.39 Å². The minimum absolute atomic E-state index is 0.211. The Hall–Kier alpha value is -2.34. The molecule has 0 aliphatic carbocycles. The van der Waals surface area contributed by atoms with E-state index in [-0.39, 0.29) is 11.9 Å². The lowest BCUT2D eigenvalue weighted by atomic mass is 10.0. The third-order valence-corrected chi connectivity index (χ3v) is 5.60. The average molecular weight is 400 g/mol. The van der Waals surface area contributed by atoms with Crippen LogP contribution >= 0.6 is 11.8 Å². The Balaban J connectivity index is 1.68. The molecule has 0 bridgehead atoms. The van der Waals surface area contributed by atoms with Gasteiger partial charge in [0.2, 0.25) is 0 Å². The number of rotatable bonds is 8. The molecule has 1 unspecified atom stereocenters. The van der Waals surface area contributed by atoms with E-state index in [0.717, 1.165) is 28.8 Å². The minimum atomic E-state index is -0.222. The molecule has 1 atom stereocenters. The maximum atomic E-state index is 13.1. The summed E-state index contributed by atoms with van der Waals surface area (Å²) >= 11 is 1.59. The highest BCUT2D eigenvalue weighted by atomic mass is 32.2. The van der Waals surface area contributed by atoms with Crippen LogP contribution in [0, 0.1) is 5.82 Å². The van der Waals surface area contributed by atoms with Gasteiger partial charge in [0.15, 0.2) is 17.1 Å². The minimum Gasteiger partial charge on any atom is -0.483 e. The quantitative estimate of drug-likeness (QED) is 0.436. The summed E-state index contributed by atoms with van der Waals surface area (Å²) in [6, 6.07) is 14.7. The monoisotopic (exact) mass is 399 g/mol. The smallest absolute Gasteiger partial charge is 0.191 e. The molecule has 0 aliphatic rings. The van der Waals surface area contributed by atoms with Crippen molar-refractivity contribution in [2.75, 3.05) is 0 Å². The molecule has 3 rings (SSSR count). The van der Waals surface area contributed by atoms with E-state index >= 15 is 0 Å². The Bertz CT molecular complexity index is 891. The van der Waals surface area contributed by atoms with Crippen molar-refractivity contribution in [3.05, 3.63) is 71.3 Å². The lowest BCUT2D eigenvalue weighted by molar-refractivity contribution is 0.210. The fraction of sp³-hybridized carbons (Fsp3) is 0.364. The van der Waals surface area contributed by atoms with Crippen LogP contribution in [-0.4, -0.2) is 14.8 Å². The van der Waals surface area contributed by atoms with Crippen molar-refractivity contribution in [2.45, 2.75) is 57.2 Å². The van der Waals surface area contributed by atoms with Gasteiger partial charge in [0.05, 0.1) is 0 Å². The molecule has 6 heteroatoms. The van der Waals surface area contributed by atoms with Gasteiger partial charge in [-0.2, -0.15) is 0 Å². The molecule has 0 spiro atoms. The predicted octanol–water partition coefficient (Wildman–Crippen LogP) is 5.99. The third-order valence-electron chi connectivity index (χ3n) is 4.57. The van der Waals surface area contributed by atoms with Crippen molar-refractivity contribution in [3.63, 3.8) is 0 Å². The van der Waals surface area contributed by atoms with E-state index < -0.39 is 0 Å². The van der Waals surface area contributed by atoms with E-state index in [1.54, 1.807) is 23.9 Å². The Morgan fingerprint density at radius 1 is 1.00 bits per heavy atom. The third kappa shape index (κ3) is 4.93. The first kappa shape index (κ1) is 20.4. The van der Waals surface area contributed by atoms with Crippen LogP contribution in [0.3, 0.4) is 0 Å². The Morgan fingerprint density at radius 3 is 2.29 bits per heavy atom. The molecule has 0 aliphatic heterocycles. The van der Waals surface area contributed by atoms with E-state index in [0.29, 0.717) is 11.7 Å². The van der Waals surface area contributed by atoms with Gasteiger partial charge in [0.1, 0.15) is 11.6 Å². The van der Waals surface area contributed by atoms with Gasteiger partial charge < -0.3 is 9.30 Å². The van der Waals surface area contributed by atoms with Crippen LogP contribution in [0.25, 0.3) is 0 Å². The van der Waals surface area contributed by atoms with Crippen LogP contribution in [0.15, 0.2) is 53.7 Å². The number of halogens is 1. The number of hydrogen-bond acceptors (Lipinski definition) is 4. The predicted molar refractivity (Wildman–Crippen MR) is 111 cm³/mol. The van der Waals surface area contributed by atoms with Crippen molar-refractivity contribution in [1.29, 1.82) is 0 Å². The van der Waals surface area contributed by atoms with Crippen molar-refractivity contribution in [2.24, 2.45) is 0 Å². The van der Waals surface area contributed by atoms with E-state index in [9.17, 15) is 4.39 Å². The van der Waals surface area contributed by atoms with Crippen LogP contribution in [0.4, 0.5) is 4.39 Å². The summed E-state index contributed by atoms with van der Waals surface area (Å²) in [4.78, 5) is 0. The molecule has 0 N–H and O–H groups in total. The van der Waals surface area contributed by atoms with Gasteiger partial charge in [0.25, 0.3) is 0 Å². The number of benzene rings is 2. The molecule has 0 radical (unpaired) electrons. The van der Waals surface area contributed by atoms with Crippen LogP contribution < -0.4 is 4.74 Å². The maximum absolute atomic E-state index is 13.1. The molecule has 2 aromatic carbocycles. The van der Waals surface area contributed by atoms with Gasteiger partial charge in [-0.1, -0.05) is 49.9 Å². The topological polar surface area (TPSA) is 39.9 Å². The first-order valence-corrected chi connectivity index (χ1v) is 10.5. The average Bonchev–Trinajstić information content (AvgIpc) is 3.11. The highest BCUT2D eigenvalue weighted by molar-refractivity contribution is 7.98. The standard InChI is InChI=1S/C22H26FN3OS/c1-5-26-21(16(4)27-20-12-8-18(9-13-20)15(2)3)24-25-22(26)28-14-17-6-10-19(23)11-7-17/h6-13,15-16H,5,14H2,1-4H3. The van der Waals surface area contributed by atoms with Gasteiger partial charge in [-0.15, -0.1) is 10.2 Å². The first-order valence-electron chi connectivity index (χ1n) is 9.55. The zero-order valence-electron chi connectivity index (χ0n) is 16.7. The van der Waals surface area contributed by atoms with Crippen LogP contribution in [-0.2, 0) is 12.3 Å². The fourth-order valence-corrected chi connectivity index (χ4v) is 3.89. The lowest BCUT2D eigenvalue weighted by Crippen LogP contribution is -2.12. The summed E-state index contributed by atoms with van der Waals surface area (Å²) < 4.78 is 21.2. The molecule has 1 aromatic heterocycles. The summed E-state index contributed by atoms with van der Waals surface area (Å²) in [6.07, 6.45) is -0.211. The summed E-state index contributed by atoms with van der Waals surface area (Å²) in [6.45, 7) is 9.16. The summed E-state index contributed by atoms with van der Waals surface area (Å²) in [5.41, 5.74) is 2.34. The van der Waals surface area contributed by atoms with Crippen molar-refractivity contribution >= 4 is 11.8 Å². The van der Waals surface area contributed by atoms with E-state index in [4.69, 9.17) is 4.74 Å². The molecule has 0 saturated heterocycles. The van der Waals surface area contributed by atoms with E-state index in [1.807, 2.05) is 19.1 Å². The van der Waals surface area contributed by atoms with Gasteiger partial charge in [-0.05, 0) is 55.2 Å². The molecular formula is C22H26FN3OS. The Morgan fingerprint density at radius 2 is 1.68 bits per heavy atom. The zero-order chi connectivity index (χ0) is 20.1. The van der Waals surface area contributed by atoms with Crippen LogP contribution in [0.1, 0.15) is 56.7 Å². The second-order valence-electron chi connectivity index (χ2n) is 6.98. The SMILES string of the molecule is CCn1c(SCc2ccc(F)cc2)nnc1C(C)Oc1ccc(C(C)C)cc1. The van der Waals surface area contributed by atoms with Gasteiger partial charge >= 0.3 is 0 Å². The largest absolute Gasteiger partial charge is 0.483 e. The number of aromatic nitrogens is 3. The van der Waals surface area contributed by atoms with Crippen molar-refractivity contribution in [1.82, 2.24) is 14.8 Å². The fourth-order valence-electron chi connectivity index (χ4n) is 2.92. The zero-order valence-corrected chi connectivity index (χ0v) is 17.5. The normalized spacial score (nSPS) is 12.4. The number of thioether (sulfide) groups is 1. The summed E-state index contributed by atoms with van der Waals surface area (Å²) in [5.74, 6) is 2.61. The summed E-state index contributed by atoms with van der Waals surface area (Å²) in [7, 11) is 0. The van der Waals surface area contributed by atoms with Crippen LogP contribution in [0.2, 0.25) is 0 Å². The second-order valence-corrected chi connectivity index (χ2v) is 7.93. The highest BCUT2D eigenvalue weighted by Crippen LogP contribution is 2.27. The molecule has 4 nitrogen and oxygen atoms in total. The van der Waals surface area contributed by atoms with Crippen molar-refractivity contribution in [3.8, 4) is 5.75 Å². The molecule has 0 amide bonds. The Labute approximate surface area is 170 Å². The Kier molecular flexibility index (Phi) is 6.73. The molecule has 1 heterocycles. The molecule has 28 heavy (non-hydrogen) atoms. The van der Waals surface area contributed by atoms with E-state index in [1.165, 1.54) is 17.7 Å². The number of hydrogen-bond donors (Lipinski definition) is 0. The second kappa shape index (κ2) is 9.24. The lowest BCUT2D eigenvalue weighted by Gasteiger charge is -2.16. The summed E-state index contributed by atoms with van der Waals surface area (Å²) in [5, 5.41) is 9.54. The van der Waals surface area contributed by atoms with E-state index in [2.05, 4.69) is 47.7 Å². The highest BCUT2D eigenvalue weighted by Gasteiger charge is 2.19. The van der Waals surface area contributed by atoms with Crippen molar-refractivity contribution < 1.29 is 9.13 Å². The molecule has 3 aromatic rings. The number of nitrogens with zero attached hydrogens (tertiary/aromatic N) is 3. The number of ether oxygens (including phenoxy) is 1. The molecule has 0 fully saturated rings.